The van der Waals surface area contributed by atoms with Gasteiger partial charge in [-0.3, -0.25) is 14.5 Å². The third-order valence-electron chi connectivity index (χ3n) is 6.28. The first kappa shape index (κ1) is 21.8. The molecule has 32 heavy (non-hydrogen) atoms. The zero-order valence-electron chi connectivity index (χ0n) is 18.4. The predicted octanol–water partition coefficient (Wildman–Crippen LogP) is 3.98. The maximum absolute atomic E-state index is 13.7. The fourth-order valence-electron chi connectivity index (χ4n) is 4.64. The van der Waals surface area contributed by atoms with Gasteiger partial charge >= 0.3 is 6.03 Å². The Morgan fingerprint density at radius 2 is 1.72 bits per heavy atom. The van der Waals surface area contributed by atoms with Crippen LogP contribution in [0.15, 0.2) is 72.4 Å². The zero-order valence-corrected chi connectivity index (χ0v) is 18.4. The van der Waals surface area contributed by atoms with Crippen LogP contribution in [0.3, 0.4) is 0 Å². The van der Waals surface area contributed by atoms with Crippen LogP contribution >= 0.6 is 0 Å². The maximum Gasteiger partial charge on any atom is 0.325 e. The van der Waals surface area contributed by atoms with Crippen molar-refractivity contribution < 1.29 is 14.4 Å². The van der Waals surface area contributed by atoms with Crippen LogP contribution in [-0.4, -0.2) is 40.7 Å². The average Bonchev–Trinajstić information content (AvgIpc) is 3.06. The summed E-state index contributed by atoms with van der Waals surface area (Å²) in [6.07, 6.45) is 6.39. The number of amides is 4. The van der Waals surface area contributed by atoms with Gasteiger partial charge in [0, 0.05) is 18.7 Å². The van der Waals surface area contributed by atoms with Crippen molar-refractivity contribution in [2.75, 3.05) is 13.1 Å². The highest BCUT2D eigenvalue weighted by Gasteiger charge is 2.53. The fraction of sp³-hybridized carbons (Fsp3) is 0.346. The molecule has 4 rings (SSSR count). The molecule has 1 atom stereocenters. The zero-order chi connectivity index (χ0) is 22.6. The molecule has 0 saturated carbocycles. The number of imide groups is 1. The number of carbonyl (C=O) groups is 3. The van der Waals surface area contributed by atoms with Gasteiger partial charge in [-0.1, -0.05) is 66.7 Å². The van der Waals surface area contributed by atoms with Crippen molar-refractivity contribution in [3.8, 4) is 0 Å². The largest absolute Gasteiger partial charge is 0.325 e. The van der Waals surface area contributed by atoms with Crippen LogP contribution in [0.5, 0.6) is 0 Å². The van der Waals surface area contributed by atoms with Gasteiger partial charge in [0.25, 0.3) is 5.91 Å². The number of nitrogens with one attached hydrogen (secondary N) is 1. The lowest BCUT2D eigenvalue weighted by atomic mass is 9.83. The van der Waals surface area contributed by atoms with Crippen LogP contribution in [-0.2, 0) is 21.5 Å². The van der Waals surface area contributed by atoms with Crippen molar-refractivity contribution in [3.05, 3.63) is 83.6 Å². The molecule has 166 valence electrons. The molecule has 1 N–H and O–H groups in total. The highest BCUT2D eigenvalue weighted by Crippen LogP contribution is 2.33. The first-order valence-corrected chi connectivity index (χ1v) is 11.3. The van der Waals surface area contributed by atoms with E-state index in [-0.39, 0.29) is 18.4 Å². The second-order valence-corrected chi connectivity index (χ2v) is 8.33. The second kappa shape index (κ2) is 9.39. The van der Waals surface area contributed by atoms with Gasteiger partial charge in [0.15, 0.2) is 5.54 Å². The quantitative estimate of drug-likeness (QED) is 0.674. The number of hydrogen-bond donors (Lipinski definition) is 1. The fourth-order valence-corrected chi connectivity index (χ4v) is 4.64. The van der Waals surface area contributed by atoms with E-state index in [4.69, 9.17) is 0 Å². The van der Waals surface area contributed by atoms with Crippen molar-refractivity contribution in [3.63, 3.8) is 0 Å². The number of nitrogens with zero attached hydrogens (tertiary/aromatic N) is 2. The molecule has 6 nitrogen and oxygen atoms in total. The molecule has 0 aromatic heterocycles. The van der Waals surface area contributed by atoms with E-state index in [2.05, 4.69) is 11.4 Å². The number of hydrogen-bond acceptors (Lipinski definition) is 3. The summed E-state index contributed by atoms with van der Waals surface area (Å²) in [6, 6.07) is 18.3. The molecule has 1 aliphatic carbocycles. The molecular formula is C26H29N3O3. The van der Waals surface area contributed by atoms with E-state index in [1.807, 2.05) is 67.6 Å². The van der Waals surface area contributed by atoms with Crippen molar-refractivity contribution >= 4 is 17.8 Å². The lowest BCUT2D eigenvalue weighted by molar-refractivity contribution is -0.138. The summed E-state index contributed by atoms with van der Waals surface area (Å²) in [5, 5.41) is 2.93. The number of urea groups is 1. The van der Waals surface area contributed by atoms with E-state index < -0.39 is 11.6 Å². The SMILES string of the molecule is CCN(C(=O)CN1C(=O)N[C@](Cc2ccccc2)(c2ccccc2)C1=O)C1=CCCCC1. The molecule has 2 aliphatic rings. The van der Waals surface area contributed by atoms with E-state index in [0.29, 0.717) is 18.5 Å². The van der Waals surface area contributed by atoms with E-state index in [1.165, 1.54) is 0 Å². The van der Waals surface area contributed by atoms with Gasteiger partial charge in [-0.2, -0.15) is 0 Å². The third kappa shape index (κ3) is 4.17. The standard InChI is InChI=1S/C26H29N3O3/c1-2-28(22-16-10-5-11-17-22)23(30)19-29-24(31)26(27-25(29)32,21-14-8-4-9-15-21)18-20-12-6-3-7-13-20/h3-4,6-9,12-16H,2,5,10-11,17-19H2,1H3,(H,27,32)/t26-/m1/s1. The van der Waals surface area contributed by atoms with Gasteiger partial charge in [0.2, 0.25) is 5.91 Å². The van der Waals surface area contributed by atoms with E-state index in [0.717, 1.165) is 41.8 Å². The molecule has 0 unspecified atom stereocenters. The number of carbonyl (C=O) groups excluding carboxylic acids is 3. The predicted molar refractivity (Wildman–Crippen MR) is 122 cm³/mol. The van der Waals surface area contributed by atoms with Crippen LogP contribution in [0.1, 0.15) is 43.7 Å². The second-order valence-electron chi connectivity index (χ2n) is 8.33. The third-order valence-corrected chi connectivity index (χ3v) is 6.28. The highest BCUT2D eigenvalue weighted by atomic mass is 16.2. The van der Waals surface area contributed by atoms with Crippen LogP contribution < -0.4 is 5.32 Å². The molecule has 1 fully saturated rings. The lowest BCUT2D eigenvalue weighted by Crippen LogP contribution is -2.47. The first-order chi connectivity index (χ1) is 15.5. The Balaban J connectivity index is 1.62. The molecule has 0 bridgehead atoms. The van der Waals surface area contributed by atoms with Crippen LogP contribution in [0.25, 0.3) is 0 Å². The molecule has 1 saturated heterocycles. The van der Waals surface area contributed by atoms with Gasteiger partial charge in [-0.15, -0.1) is 0 Å². The summed E-state index contributed by atoms with van der Waals surface area (Å²) < 4.78 is 0. The number of benzene rings is 2. The smallest absolute Gasteiger partial charge is 0.319 e. The van der Waals surface area contributed by atoms with Crippen LogP contribution in [0, 0.1) is 0 Å². The normalized spacial score (nSPS) is 20.7. The average molecular weight is 432 g/mol. The Labute approximate surface area is 188 Å². The maximum atomic E-state index is 13.7. The van der Waals surface area contributed by atoms with Gasteiger partial charge < -0.3 is 10.2 Å². The van der Waals surface area contributed by atoms with Gasteiger partial charge in [0.1, 0.15) is 6.54 Å². The topological polar surface area (TPSA) is 69.7 Å². The van der Waals surface area contributed by atoms with Crippen LogP contribution in [0.2, 0.25) is 0 Å². The van der Waals surface area contributed by atoms with Crippen molar-refractivity contribution in [1.29, 1.82) is 0 Å². The van der Waals surface area contributed by atoms with Crippen molar-refractivity contribution in [2.45, 2.75) is 44.6 Å². The molecule has 2 aromatic rings. The van der Waals surface area contributed by atoms with Crippen molar-refractivity contribution in [2.24, 2.45) is 0 Å². The summed E-state index contributed by atoms with van der Waals surface area (Å²) in [4.78, 5) is 42.6. The molecule has 1 heterocycles. The van der Waals surface area contributed by atoms with Gasteiger partial charge in [0.05, 0.1) is 0 Å². The molecular weight excluding hydrogens is 402 g/mol. The number of allylic oxidation sites excluding steroid dienone is 2. The molecule has 0 radical (unpaired) electrons. The lowest BCUT2D eigenvalue weighted by Gasteiger charge is -2.29. The minimum absolute atomic E-state index is 0.229. The van der Waals surface area contributed by atoms with E-state index in [9.17, 15) is 14.4 Å². The highest BCUT2D eigenvalue weighted by molar-refractivity contribution is 6.09. The first-order valence-electron chi connectivity index (χ1n) is 11.3. The minimum atomic E-state index is -1.23. The Hall–Kier alpha value is -3.41. The number of likely N-dealkylation sites (N-methyl/N-ethyl adjacent to an activating group) is 1. The Bertz CT molecular complexity index is 1020. The number of rotatable bonds is 7. The van der Waals surface area contributed by atoms with Crippen LogP contribution in [0.4, 0.5) is 4.79 Å². The summed E-state index contributed by atoms with van der Waals surface area (Å²) in [5.41, 5.74) is 1.40. The Morgan fingerprint density at radius 3 is 2.34 bits per heavy atom. The molecule has 2 aromatic carbocycles. The molecule has 6 heteroatoms. The van der Waals surface area contributed by atoms with Gasteiger partial charge in [-0.25, -0.2) is 4.79 Å². The minimum Gasteiger partial charge on any atom is -0.319 e. The summed E-state index contributed by atoms with van der Waals surface area (Å²) in [5.74, 6) is -0.618. The van der Waals surface area contributed by atoms with E-state index >= 15 is 0 Å². The molecule has 4 amide bonds. The Kier molecular flexibility index (Phi) is 6.40. The van der Waals surface area contributed by atoms with Crippen molar-refractivity contribution in [1.82, 2.24) is 15.1 Å². The summed E-state index contributed by atoms with van der Waals surface area (Å²) in [6.45, 7) is 2.17. The summed E-state index contributed by atoms with van der Waals surface area (Å²) in [7, 11) is 0. The van der Waals surface area contributed by atoms with Gasteiger partial charge in [-0.05, 0) is 43.7 Å². The Morgan fingerprint density at radius 1 is 1.03 bits per heavy atom. The van der Waals surface area contributed by atoms with E-state index in [1.54, 1.807) is 4.90 Å². The molecule has 1 aliphatic heterocycles. The molecule has 0 spiro atoms. The summed E-state index contributed by atoms with van der Waals surface area (Å²) >= 11 is 0. The monoisotopic (exact) mass is 431 g/mol.